The Morgan fingerprint density at radius 1 is 1.40 bits per heavy atom. The summed E-state index contributed by atoms with van der Waals surface area (Å²) in [5.74, 6) is 0. The van der Waals surface area contributed by atoms with E-state index in [0.29, 0.717) is 0 Å². The molecule has 0 N–H and O–H groups in total. The molecule has 0 aliphatic heterocycles. The van der Waals surface area contributed by atoms with Gasteiger partial charge in [0.15, 0.2) is 0 Å². The highest BCUT2D eigenvalue weighted by Crippen LogP contribution is 2.11. The molecule has 0 nitrogen and oxygen atoms in total. The quantitative estimate of drug-likeness (QED) is 0.548. The van der Waals surface area contributed by atoms with E-state index < -0.39 is 0 Å². The van der Waals surface area contributed by atoms with Crippen molar-refractivity contribution in [1.82, 2.24) is 0 Å². The summed E-state index contributed by atoms with van der Waals surface area (Å²) >= 11 is 1.81. The second-order valence-electron chi connectivity index (χ2n) is 2.66. The molecule has 0 aromatic heterocycles. The molecular formula is C9H18S. The minimum Gasteiger partial charge on any atom is -0.138 e. The minimum atomic E-state index is 1.29. The van der Waals surface area contributed by atoms with Gasteiger partial charge in [-0.05, 0) is 31.4 Å². The number of hydrogen-bond donors (Lipinski definition) is 0. The molecule has 0 amide bonds. The van der Waals surface area contributed by atoms with Crippen molar-refractivity contribution in [2.24, 2.45) is 0 Å². The van der Waals surface area contributed by atoms with Gasteiger partial charge in [0.25, 0.3) is 0 Å². The SMILES string of the molecule is CCCCC/C(C)=C/SC. The second-order valence-corrected chi connectivity index (χ2v) is 3.36. The van der Waals surface area contributed by atoms with Gasteiger partial charge in [0.2, 0.25) is 0 Å². The molecule has 0 aliphatic carbocycles. The fraction of sp³-hybridized carbons (Fsp3) is 0.778. The van der Waals surface area contributed by atoms with Crippen molar-refractivity contribution >= 4 is 11.8 Å². The lowest BCUT2D eigenvalue weighted by atomic mass is 10.1. The van der Waals surface area contributed by atoms with Crippen LogP contribution in [0.1, 0.15) is 39.5 Å². The summed E-state index contributed by atoms with van der Waals surface area (Å²) in [6.07, 6.45) is 7.46. The largest absolute Gasteiger partial charge is 0.138 e. The number of unbranched alkanes of at least 4 members (excludes halogenated alkanes) is 2. The van der Waals surface area contributed by atoms with Gasteiger partial charge in [-0.1, -0.05) is 25.3 Å². The molecule has 0 unspecified atom stereocenters. The Labute approximate surface area is 69.1 Å². The van der Waals surface area contributed by atoms with E-state index in [1.165, 1.54) is 31.3 Å². The zero-order chi connectivity index (χ0) is 7.82. The Bertz CT molecular complexity index is 94.9. The highest BCUT2D eigenvalue weighted by atomic mass is 32.2. The summed E-state index contributed by atoms with van der Waals surface area (Å²) in [4.78, 5) is 0. The molecule has 0 saturated heterocycles. The predicted octanol–water partition coefficient (Wildman–Crippen LogP) is 3.83. The molecule has 0 saturated carbocycles. The van der Waals surface area contributed by atoms with E-state index >= 15 is 0 Å². The van der Waals surface area contributed by atoms with Gasteiger partial charge >= 0.3 is 0 Å². The topological polar surface area (TPSA) is 0 Å². The molecule has 0 heterocycles. The first kappa shape index (κ1) is 10.1. The highest BCUT2D eigenvalue weighted by molar-refractivity contribution is 8.01. The maximum absolute atomic E-state index is 2.25. The lowest BCUT2D eigenvalue weighted by Crippen LogP contribution is -1.76. The minimum absolute atomic E-state index is 1.29. The smallest absolute Gasteiger partial charge is 0.0142 e. The predicted molar refractivity (Wildman–Crippen MR) is 51.4 cm³/mol. The van der Waals surface area contributed by atoms with E-state index in [4.69, 9.17) is 0 Å². The van der Waals surface area contributed by atoms with Crippen LogP contribution in [0.15, 0.2) is 11.0 Å². The normalized spacial score (nSPS) is 12.1. The molecule has 10 heavy (non-hydrogen) atoms. The van der Waals surface area contributed by atoms with Gasteiger partial charge in [-0.2, -0.15) is 0 Å². The number of hydrogen-bond acceptors (Lipinski definition) is 1. The summed E-state index contributed by atoms with van der Waals surface area (Å²) in [5.41, 5.74) is 1.53. The van der Waals surface area contributed by atoms with Crippen molar-refractivity contribution in [2.75, 3.05) is 6.26 Å². The van der Waals surface area contributed by atoms with Crippen LogP contribution in [0.5, 0.6) is 0 Å². The van der Waals surface area contributed by atoms with Crippen LogP contribution in [-0.2, 0) is 0 Å². The van der Waals surface area contributed by atoms with Crippen LogP contribution in [-0.4, -0.2) is 6.26 Å². The summed E-state index contributed by atoms with van der Waals surface area (Å²) < 4.78 is 0. The van der Waals surface area contributed by atoms with Crippen LogP contribution >= 0.6 is 11.8 Å². The average Bonchev–Trinajstić information content (AvgIpc) is 1.89. The zero-order valence-corrected chi connectivity index (χ0v) is 8.13. The van der Waals surface area contributed by atoms with Gasteiger partial charge in [-0.3, -0.25) is 0 Å². The van der Waals surface area contributed by atoms with Gasteiger partial charge in [0.1, 0.15) is 0 Å². The maximum Gasteiger partial charge on any atom is -0.0142 e. The van der Waals surface area contributed by atoms with Gasteiger partial charge in [0, 0.05) is 0 Å². The first-order valence-electron chi connectivity index (χ1n) is 3.99. The number of thioether (sulfide) groups is 1. The van der Waals surface area contributed by atoms with Crippen molar-refractivity contribution in [3.05, 3.63) is 11.0 Å². The van der Waals surface area contributed by atoms with E-state index in [2.05, 4.69) is 25.5 Å². The zero-order valence-electron chi connectivity index (χ0n) is 7.31. The monoisotopic (exact) mass is 158 g/mol. The molecule has 0 rings (SSSR count). The molecule has 0 aromatic rings. The van der Waals surface area contributed by atoms with Gasteiger partial charge in [-0.25, -0.2) is 0 Å². The Morgan fingerprint density at radius 3 is 2.60 bits per heavy atom. The van der Waals surface area contributed by atoms with Crippen LogP contribution in [0.4, 0.5) is 0 Å². The maximum atomic E-state index is 2.25. The molecule has 60 valence electrons. The van der Waals surface area contributed by atoms with Crippen molar-refractivity contribution in [1.29, 1.82) is 0 Å². The fourth-order valence-corrected chi connectivity index (χ4v) is 1.43. The van der Waals surface area contributed by atoms with Crippen LogP contribution in [0.3, 0.4) is 0 Å². The first-order valence-corrected chi connectivity index (χ1v) is 5.28. The van der Waals surface area contributed by atoms with Gasteiger partial charge in [-0.15, -0.1) is 11.8 Å². The van der Waals surface area contributed by atoms with Crippen molar-refractivity contribution in [3.63, 3.8) is 0 Å². The molecule has 0 fully saturated rings. The van der Waals surface area contributed by atoms with Crippen molar-refractivity contribution in [3.8, 4) is 0 Å². The summed E-state index contributed by atoms with van der Waals surface area (Å²) in [7, 11) is 0. The second kappa shape index (κ2) is 7.20. The van der Waals surface area contributed by atoms with Crippen molar-refractivity contribution in [2.45, 2.75) is 39.5 Å². The number of allylic oxidation sites excluding steroid dienone is 1. The lowest BCUT2D eigenvalue weighted by molar-refractivity contribution is 0.714. The Kier molecular flexibility index (Phi) is 7.26. The van der Waals surface area contributed by atoms with E-state index in [1.54, 1.807) is 11.8 Å². The highest BCUT2D eigenvalue weighted by Gasteiger charge is 1.88. The third-order valence-electron chi connectivity index (χ3n) is 1.49. The first-order chi connectivity index (χ1) is 4.81. The fourth-order valence-electron chi connectivity index (χ4n) is 0.914. The molecule has 0 spiro atoms. The van der Waals surface area contributed by atoms with Crippen LogP contribution in [0.2, 0.25) is 0 Å². The molecule has 0 atom stereocenters. The van der Waals surface area contributed by atoms with Crippen LogP contribution < -0.4 is 0 Å². The third-order valence-corrected chi connectivity index (χ3v) is 2.13. The lowest BCUT2D eigenvalue weighted by Gasteiger charge is -1.97. The molecular weight excluding hydrogens is 140 g/mol. The summed E-state index contributed by atoms with van der Waals surface area (Å²) in [6.45, 7) is 4.46. The Morgan fingerprint density at radius 2 is 2.10 bits per heavy atom. The van der Waals surface area contributed by atoms with E-state index in [-0.39, 0.29) is 0 Å². The van der Waals surface area contributed by atoms with Crippen LogP contribution in [0, 0.1) is 0 Å². The average molecular weight is 158 g/mol. The van der Waals surface area contributed by atoms with E-state index in [1.807, 2.05) is 0 Å². The molecule has 0 bridgehead atoms. The Hall–Kier alpha value is 0.0900. The third kappa shape index (κ3) is 6.21. The summed E-state index contributed by atoms with van der Waals surface area (Å²) in [6, 6.07) is 0. The standard InChI is InChI=1S/C9H18S/c1-4-5-6-7-9(2)8-10-3/h8H,4-7H2,1-3H3/b9-8+. The van der Waals surface area contributed by atoms with Crippen molar-refractivity contribution < 1.29 is 0 Å². The van der Waals surface area contributed by atoms with E-state index in [0.717, 1.165) is 0 Å². The Balaban J connectivity index is 3.21. The summed E-state index contributed by atoms with van der Waals surface area (Å²) in [5, 5.41) is 2.25. The molecule has 0 radical (unpaired) electrons. The molecule has 0 aliphatic rings. The number of rotatable bonds is 5. The molecule has 1 heteroatoms. The molecule has 0 aromatic carbocycles. The van der Waals surface area contributed by atoms with Gasteiger partial charge in [0.05, 0.1) is 0 Å². The van der Waals surface area contributed by atoms with Gasteiger partial charge < -0.3 is 0 Å². The van der Waals surface area contributed by atoms with Crippen LogP contribution in [0.25, 0.3) is 0 Å². The van der Waals surface area contributed by atoms with E-state index in [9.17, 15) is 0 Å².